The molecule has 2 unspecified atom stereocenters. The van der Waals surface area contributed by atoms with Crippen LogP contribution in [0, 0.1) is 90.2 Å². The molecular weight excluding hydrogens is 1170 g/mol. The van der Waals surface area contributed by atoms with E-state index in [0.29, 0.717) is 68.0 Å². The number of aromatic nitrogens is 6. The van der Waals surface area contributed by atoms with Crippen LogP contribution in [0.3, 0.4) is 0 Å². The van der Waals surface area contributed by atoms with Gasteiger partial charge < -0.3 is 15.5 Å². The molecule has 13 nitrogen and oxygen atoms in total. The highest BCUT2D eigenvalue weighted by Crippen LogP contribution is 2.21. The van der Waals surface area contributed by atoms with Crippen LogP contribution in [-0.4, -0.2) is 46.4 Å². The van der Waals surface area contributed by atoms with Gasteiger partial charge in [-0.1, -0.05) is 98.1 Å². The molecule has 9 aromatic rings. The fourth-order valence-corrected chi connectivity index (χ4v) is 6.20. The molecule has 19 heteroatoms. The van der Waals surface area contributed by atoms with Gasteiger partial charge in [0.15, 0.2) is 5.84 Å². The van der Waals surface area contributed by atoms with Crippen LogP contribution in [0.15, 0.2) is 185 Å². The summed E-state index contributed by atoms with van der Waals surface area (Å²) in [4.78, 5) is 37.1. The third-order valence-corrected chi connectivity index (χ3v) is 11.7. The Balaban J connectivity index is 0.000000230. The van der Waals surface area contributed by atoms with Gasteiger partial charge in [-0.2, -0.15) is 4.98 Å². The molecule has 0 bridgehead atoms. The molecule has 3 N–H and O–H groups in total. The van der Waals surface area contributed by atoms with Crippen molar-refractivity contribution in [3.8, 4) is 59.3 Å². The van der Waals surface area contributed by atoms with Gasteiger partial charge in [-0.15, -0.1) is 6.42 Å². The average molecular weight is 1220 g/mol. The van der Waals surface area contributed by atoms with Crippen molar-refractivity contribution < 1.29 is 32.1 Å². The summed E-state index contributed by atoms with van der Waals surface area (Å²) in [5.41, 5.74) is 11.7. The van der Waals surface area contributed by atoms with Gasteiger partial charge in [0.1, 0.15) is 45.0 Å². The second-order valence-electron chi connectivity index (χ2n) is 17.1. The van der Waals surface area contributed by atoms with Crippen molar-refractivity contribution in [2.45, 2.75) is 46.5 Å². The molecule has 85 heavy (non-hydrogen) atoms. The Morgan fingerprint density at radius 1 is 0.647 bits per heavy atom. The number of hydrogen-bond acceptors (Lipinski definition) is 10. The number of terminal acetylenes is 1. The number of pyridine rings is 4. The van der Waals surface area contributed by atoms with Crippen LogP contribution in [0.25, 0.3) is 21.1 Å². The Morgan fingerprint density at radius 3 is 1.44 bits per heavy atom. The van der Waals surface area contributed by atoms with Crippen LogP contribution < -0.4 is 5.73 Å². The van der Waals surface area contributed by atoms with E-state index in [1.54, 1.807) is 97.2 Å². The predicted octanol–water partition coefficient (Wildman–Crippen LogP) is 15.1. The van der Waals surface area contributed by atoms with Crippen molar-refractivity contribution in [2.24, 2.45) is 16.8 Å². The van der Waals surface area contributed by atoms with Crippen molar-refractivity contribution in [3.05, 3.63) is 272 Å². The third kappa shape index (κ3) is 25.3. The van der Waals surface area contributed by atoms with Crippen LogP contribution in [0.1, 0.15) is 97.2 Å². The van der Waals surface area contributed by atoms with Crippen molar-refractivity contribution in [1.82, 2.24) is 30.1 Å². The summed E-state index contributed by atoms with van der Waals surface area (Å²) < 4.78 is 57.2. The first-order valence-corrected chi connectivity index (χ1v) is 26.4. The first-order chi connectivity index (χ1) is 40.9. The smallest absolute Gasteiger partial charge is 0.229 e. The molecule has 0 aliphatic rings. The minimum Gasteiger partial charge on any atom is -0.409 e. The monoisotopic (exact) mass is 1220 g/mol. The number of benzene rings is 4. The summed E-state index contributed by atoms with van der Waals surface area (Å²) >= 11 is 8.25. The Kier molecular flexibility index (Phi) is 28.7. The topological polar surface area (TPSA) is 175 Å². The molecule has 0 amide bonds. The quantitative estimate of drug-likeness (QED) is 0.0188. The molecule has 2 atom stereocenters. The molecule has 424 valence electrons. The van der Waals surface area contributed by atoms with E-state index in [-0.39, 0.29) is 46.2 Å². The van der Waals surface area contributed by atoms with Crippen molar-refractivity contribution in [2.75, 3.05) is 0 Å². The van der Waals surface area contributed by atoms with E-state index in [1.165, 1.54) is 67.1 Å². The number of carbonyl (C=O) groups is 1. The van der Waals surface area contributed by atoms with Crippen molar-refractivity contribution in [3.63, 3.8) is 0 Å². The highest BCUT2D eigenvalue weighted by atomic mass is 79.9. The number of oxime groups is 1. The predicted molar refractivity (Wildman–Crippen MR) is 323 cm³/mol. The third-order valence-electron chi connectivity index (χ3n) is 10.9. The number of amidine groups is 1. The molecule has 0 spiro atoms. The fourth-order valence-electron chi connectivity index (χ4n) is 5.81. The molecule has 0 radical (unpaired) electrons. The highest BCUT2D eigenvalue weighted by Gasteiger charge is 2.14. The lowest BCUT2D eigenvalue weighted by Gasteiger charge is -1.98. The van der Waals surface area contributed by atoms with Gasteiger partial charge in [0.25, 0.3) is 0 Å². The summed E-state index contributed by atoms with van der Waals surface area (Å²) in [6.45, 7) is 21.2. The van der Waals surface area contributed by atoms with Gasteiger partial charge in [0, 0.05) is 70.0 Å². The molecule has 0 saturated heterocycles. The number of rotatable bonds is 6. The van der Waals surface area contributed by atoms with Gasteiger partial charge in [0.2, 0.25) is 28.3 Å². The second kappa shape index (κ2) is 36.6. The van der Waals surface area contributed by atoms with E-state index in [9.17, 15) is 22.4 Å². The summed E-state index contributed by atoms with van der Waals surface area (Å²) in [5.74, 6) is 19.5. The number of carbonyl (C=O) groups excluding carboxylic acids is 1. The zero-order chi connectivity index (χ0) is 61.9. The van der Waals surface area contributed by atoms with Crippen LogP contribution in [-0.2, 0) is 4.79 Å². The van der Waals surface area contributed by atoms with Gasteiger partial charge in [-0.3, -0.25) is 14.8 Å². The Hall–Kier alpha value is -10.7. The zero-order valence-electron chi connectivity index (χ0n) is 45.9. The lowest BCUT2D eigenvalue weighted by Crippen LogP contribution is -2.13. The standard InChI is InChI=1S/C19H16FN3O.C14H10FN3O.C14H7FN2.C8H5F.C6H3BrN2.C5H9ClO/c1-3-13(2)19-22-18(23-24-19)15-8-10-17(21-12-15)9-7-14-5-4-6-16(20)11-14;15-12-3-1-2-10(8-12)4-6-13-7-5-11(9-17-13)14(16)18-19;1-16-14-8-7-13(17-10-14)6-5-11-3-2-4-12(15)9-11;1-2-7-4-3-5-8(9)6-7;1-8-5-2-3-6(7)9-4-5;1-3-4(2)5(6)7/h4-6,8,10-13H,3H2,1-2H3;1-3,5,7-9,19H,(H2,16,18);2-4,7-10H;1,3-6H;2-4H;4H,3H2,1-2H3. The lowest BCUT2D eigenvalue weighted by molar-refractivity contribution is -0.114. The van der Waals surface area contributed by atoms with Crippen LogP contribution in [0.5, 0.6) is 0 Å². The van der Waals surface area contributed by atoms with E-state index in [1.807, 2.05) is 26.8 Å². The van der Waals surface area contributed by atoms with Gasteiger partial charge in [-0.05, 0) is 167 Å². The maximum absolute atomic E-state index is 13.1. The first-order valence-electron chi connectivity index (χ1n) is 25.3. The van der Waals surface area contributed by atoms with E-state index >= 15 is 0 Å². The second-order valence-corrected chi connectivity index (χ2v) is 18.3. The van der Waals surface area contributed by atoms with Gasteiger partial charge >= 0.3 is 0 Å². The largest absolute Gasteiger partial charge is 0.409 e. The maximum Gasteiger partial charge on any atom is 0.229 e. The van der Waals surface area contributed by atoms with E-state index in [0.717, 1.165) is 23.0 Å². The molecule has 4 aromatic carbocycles. The van der Waals surface area contributed by atoms with E-state index in [2.05, 4.69) is 109 Å². The molecule has 5 aromatic heterocycles. The molecule has 0 fully saturated rings. The summed E-state index contributed by atoms with van der Waals surface area (Å²) in [7, 11) is 0. The zero-order valence-corrected chi connectivity index (χ0v) is 48.3. The Bertz CT molecular complexity index is 3980. The first kappa shape index (κ1) is 66.8. The summed E-state index contributed by atoms with van der Waals surface area (Å²) in [6, 6.07) is 37.8. The van der Waals surface area contributed by atoms with Crippen LogP contribution in [0.4, 0.5) is 28.9 Å². The molecule has 0 saturated carbocycles. The number of nitrogens with zero attached hydrogens (tertiary/aromatic N) is 9. The molecular formula is C66H50BrClF4N10O3. The van der Waals surface area contributed by atoms with Gasteiger partial charge in [0.05, 0.1) is 13.1 Å². The lowest BCUT2D eigenvalue weighted by atomic mass is 10.1. The fraction of sp³-hybridized carbons (Fsp3) is 0.121. The number of halogens is 6. The Labute approximate surface area is 503 Å². The van der Waals surface area contributed by atoms with Crippen LogP contribution >= 0.6 is 27.5 Å². The van der Waals surface area contributed by atoms with Crippen LogP contribution in [0.2, 0.25) is 0 Å². The van der Waals surface area contributed by atoms with E-state index < -0.39 is 0 Å². The minimum absolute atomic E-state index is 0.0165. The van der Waals surface area contributed by atoms with Crippen molar-refractivity contribution in [1.29, 1.82) is 0 Å². The number of nitrogens with two attached hydrogens (primary N) is 1. The van der Waals surface area contributed by atoms with Crippen molar-refractivity contribution >= 4 is 50.0 Å². The minimum atomic E-state index is -0.331. The number of hydrogen-bond donors (Lipinski definition) is 2. The summed E-state index contributed by atoms with van der Waals surface area (Å²) in [6.07, 6.45) is 12.9. The molecule has 5 heterocycles. The van der Waals surface area contributed by atoms with Gasteiger partial charge in [-0.25, -0.2) is 37.2 Å². The molecule has 9 rings (SSSR count). The highest BCUT2D eigenvalue weighted by molar-refractivity contribution is 9.10. The Morgan fingerprint density at radius 2 is 1.09 bits per heavy atom. The average Bonchev–Trinajstić information content (AvgIpc) is 4.07. The molecule has 0 aliphatic heterocycles. The maximum atomic E-state index is 13.1. The normalized spacial score (nSPS) is 10.4. The van der Waals surface area contributed by atoms with E-state index in [4.69, 9.17) is 46.6 Å². The summed E-state index contributed by atoms with van der Waals surface area (Å²) in [5, 5.41) is 15.1. The SMILES string of the molecule is C#Cc1cccc(F)c1.CCC(C)C(=O)Cl.CCC(C)c1nc(-c2ccc(C#Cc3cccc(F)c3)nc2)no1.N/C(=N\O)c1ccc(C#Cc2cccc(F)c2)nc1.[C-]#[N+]c1ccc(Br)nc1.[C-]#[N+]c1ccc(C#Cc2cccc(F)c2)nc1. The molecule has 0 aliphatic carbocycles.